The summed E-state index contributed by atoms with van der Waals surface area (Å²) >= 11 is 0. The van der Waals surface area contributed by atoms with Crippen LogP contribution in [0.25, 0.3) is 0 Å². The zero-order valence-electron chi connectivity index (χ0n) is 13.0. The smallest absolute Gasteiger partial charge is 0.319 e. The van der Waals surface area contributed by atoms with Gasteiger partial charge in [0.05, 0.1) is 33.9 Å². The summed E-state index contributed by atoms with van der Waals surface area (Å²) in [5, 5.41) is 9.01. The van der Waals surface area contributed by atoms with Gasteiger partial charge in [0.2, 0.25) is 0 Å². The van der Waals surface area contributed by atoms with Crippen LogP contribution < -0.4 is 0 Å². The number of carbonyl (C=O) groups is 3. The maximum absolute atomic E-state index is 11.3. The Morgan fingerprint density at radius 2 is 1.50 bits per heavy atom. The van der Waals surface area contributed by atoms with Crippen LogP contribution in [0.1, 0.15) is 0 Å². The summed E-state index contributed by atoms with van der Waals surface area (Å²) in [7, 11) is 2.54. The highest BCUT2D eigenvalue weighted by Gasteiger charge is 2.16. The van der Waals surface area contributed by atoms with Crippen molar-refractivity contribution < 1.29 is 33.7 Å². The second-order valence-corrected chi connectivity index (χ2v) is 4.40. The number of carbonyl (C=O) groups excluding carboxylic acids is 3. The lowest BCUT2D eigenvalue weighted by molar-refractivity contribution is -0.145. The number of methoxy groups -OCH3 is 2. The maximum Gasteiger partial charge on any atom is 0.319 e. The van der Waals surface area contributed by atoms with Crippen molar-refractivity contribution in [2.24, 2.45) is 0 Å². The van der Waals surface area contributed by atoms with Crippen molar-refractivity contribution in [2.75, 3.05) is 66.7 Å². The third-order valence-electron chi connectivity index (χ3n) is 2.90. The zero-order chi connectivity index (χ0) is 16.8. The van der Waals surface area contributed by atoms with E-state index in [0.717, 1.165) is 0 Å². The number of nitrogens with zero attached hydrogens (tertiary/aromatic N) is 2. The first-order valence-corrected chi connectivity index (χ1v) is 6.81. The number of rotatable bonds is 13. The van der Waals surface area contributed by atoms with Gasteiger partial charge in [-0.15, -0.1) is 0 Å². The molecule has 0 atom stereocenters. The number of esters is 2. The number of aliphatic hydroxyl groups excluding tert-OH is 1. The molecule has 128 valence electrons. The first-order chi connectivity index (χ1) is 10.6. The molecule has 0 bridgehead atoms. The Labute approximate surface area is 129 Å². The average Bonchev–Trinajstić information content (AvgIpc) is 2.52. The van der Waals surface area contributed by atoms with Crippen molar-refractivity contribution >= 4 is 18.4 Å². The van der Waals surface area contributed by atoms with Crippen molar-refractivity contribution in [2.45, 2.75) is 0 Å². The summed E-state index contributed by atoms with van der Waals surface area (Å²) in [5.74, 6) is -0.913. The molecule has 0 heterocycles. The van der Waals surface area contributed by atoms with E-state index in [1.807, 2.05) is 4.90 Å². The summed E-state index contributed by atoms with van der Waals surface area (Å²) in [6.45, 7) is 2.16. The van der Waals surface area contributed by atoms with Crippen LogP contribution in [-0.2, 0) is 28.6 Å². The van der Waals surface area contributed by atoms with Gasteiger partial charge in [-0.2, -0.15) is 0 Å². The molecule has 0 saturated heterocycles. The summed E-state index contributed by atoms with van der Waals surface area (Å²) in [6, 6.07) is 0. The van der Waals surface area contributed by atoms with Gasteiger partial charge < -0.3 is 19.3 Å². The van der Waals surface area contributed by atoms with Crippen LogP contribution in [-0.4, -0.2) is 100 Å². The molecule has 0 aliphatic rings. The molecule has 22 heavy (non-hydrogen) atoms. The lowest BCUT2D eigenvalue weighted by Crippen LogP contribution is -2.42. The molecule has 0 aromatic rings. The lowest BCUT2D eigenvalue weighted by atomic mass is 10.4. The molecule has 0 radical (unpaired) electrons. The van der Waals surface area contributed by atoms with Gasteiger partial charge in [-0.25, -0.2) is 0 Å². The van der Waals surface area contributed by atoms with Crippen LogP contribution in [0.2, 0.25) is 0 Å². The van der Waals surface area contributed by atoms with E-state index in [2.05, 4.69) is 14.2 Å². The summed E-state index contributed by atoms with van der Waals surface area (Å²) in [6.07, 6.45) is 0. The molecular formula is C13H24N2O7. The lowest BCUT2D eigenvalue weighted by Gasteiger charge is -2.25. The van der Waals surface area contributed by atoms with Crippen LogP contribution in [0.3, 0.4) is 0 Å². The molecule has 0 amide bonds. The molecule has 1 N–H and O–H groups in total. The van der Waals surface area contributed by atoms with E-state index in [-0.39, 0.29) is 26.3 Å². The quantitative estimate of drug-likeness (QED) is 0.180. The molecule has 9 heteroatoms. The maximum atomic E-state index is 11.3. The van der Waals surface area contributed by atoms with E-state index < -0.39 is 11.9 Å². The number of ether oxygens (including phenoxy) is 3. The Morgan fingerprint density at radius 3 is 1.95 bits per heavy atom. The normalized spacial score (nSPS) is 10.6. The molecular weight excluding hydrogens is 296 g/mol. The Morgan fingerprint density at radius 1 is 0.955 bits per heavy atom. The van der Waals surface area contributed by atoms with Crippen LogP contribution >= 0.6 is 0 Å². The largest absolute Gasteiger partial charge is 0.468 e. The summed E-state index contributed by atoms with van der Waals surface area (Å²) in [5.41, 5.74) is 0. The van der Waals surface area contributed by atoms with E-state index in [9.17, 15) is 14.4 Å². The highest BCUT2D eigenvalue weighted by molar-refractivity contribution is 5.74. The second kappa shape index (κ2) is 13.0. The molecule has 0 spiro atoms. The average molecular weight is 320 g/mol. The van der Waals surface area contributed by atoms with Crippen molar-refractivity contribution in [1.82, 2.24) is 9.80 Å². The highest BCUT2D eigenvalue weighted by atomic mass is 16.5. The van der Waals surface area contributed by atoms with Gasteiger partial charge in [0.1, 0.15) is 6.61 Å². The Hall–Kier alpha value is -1.71. The summed E-state index contributed by atoms with van der Waals surface area (Å²) < 4.78 is 13.8. The van der Waals surface area contributed by atoms with Crippen LogP contribution in [0, 0.1) is 0 Å². The van der Waals surface area contributed by atoms with E-state index in [4.69, 9.17) is 5.11 Å². The molecule has 0 aromatic heterocycles. The van der Waals surface area contributed by atoms with E-state index in [0.29, 0.717) is 32.7 Å². The predicted octanol–water partition coefficient (Wildman–Crippen LogP) is -1.90. The first kappa shape index (κ1) is 20.3. The molecule has 0 fully saturated rings. The fourth-order valence-corrected chi connectivity index (χ4v) is 1.70. The van der Waals surface area contributed by atoms with Crippen molar-refractivity contribution in [3.8, 4) is 0 Å². The van der Waals surface area contributed by atoms with E-state index in [1.165, 1.54) is 14.2 Å². The van der Waals surface area contributed by atoms with E-state index >= 15 is 0 Å². The van der Waals surface area contributed by atoms with E-state index in [1.54, 1.807) is 4.90 Å². The minimum absolute atomic E-state index is 0.0383. The zero-order valence-corrected chi connectivity index (χ0v) is 13.0. The standard InChI is InChI=1S/C13H24N2O7/c1-20-12(18)9-15(10-13(19)21-2)4-3-14(5-7-16)6-8-22-11-17/h11,16H,3-10H2,1-2H3. The van der Waals surface area contributed by atoms with Gasteiger partial charge >= 0.3 is 11.9 Å². The van der Waals surface area contributed by atoms with Crippen molar-refractivity contribution in [1.29, 1.82) is 0 Å². The molecule has 0 aliphatic carbocycles. The molecule has 9 nitrogen and oxygen atoms in total. The van der Waals surface area contributed by atoms with Gasteiger partial charge in [0.25, 0.3) is 6.47 Å². The van der Waals surface area contributed by atoms with Gasteiger partial charge in [-0.05, 0) is 0 Å². The fourth-order valence-electron chi connectivity index (χ4n) is 1.70. The van der Waals surface area contributed by atoms with Gasteiger partial charge in [-0.3, -0.25) is 24.2 Å². The SMILES string of the molecule is COC(=O)CN(CCN(CCO)CCOC=O)CC(=O)OC. The second-order valence-electron chi connectivity index (χ2n) is 4.40. The molecule has 0 saturated carbocycles. The van der Waals surface area contributed by atoms with Crippen molar-refractivity contribution in [3.05, 3.63) is 0 Å². The Balaban J connectivity index is 4.42. The minimum atomic E-state index is -0.457. The van der Waals surface area contributed by atoms with Gasteiger partial charge in [-0.1, -0.05) is 0 Å². The minimum Gasteiger partial charge on any atom is -0.468 e. The highest BCUT2D eigenvalue weighted by Crippen LogP contribution is 1.95. The van der Waals surface area contributed by atoms with Crippen molar-refractivity contribution in [3.63, 3.8) is 0 Å². The fraction of sp³-hybridized carbons (Fsp3) is 0.769. The molecule has 0 rings (SSSR count). The Bertz CT molecular complexity index is 320. The van der Waals surface area contributed by atoms with Crippen LogP contribution in [0.5, 0.6) is 0 Å². The molecule has 0 unspecified atom stereocenters. The number of aliphatic hydroxyl groups is 1. The van der Waals surface area contributed by atoms with Gasteiger partial charge in [0.15, 0.2) is 0 Å². The monoisotopic (exact) mass is 320 g/mol. The topological polar surface area (TPSA) is 106 Å². The van der Waals surface area contributed by atoms with Crippen LogP contribution in [0.4, 0.5) is 0 Å². The number of hydrogen-bond donors (Lipinski definition) is 1. The number of hydrogen-bond acceptors (Lipinski definition) is 9. The van der Waals surface area contributed by atoms with Gasteiger partial charge in [0, 0.05) is 26.2 Å². The Kier molecular flexibility index (Phi) is 12.0. The summed E-state index contributed by atoms with van der Waals surface area (Å²) in [4.78, 5) is 36.2. The molecule has 0 aliphatic heterocycles. The van der Waals surface area contributed by atoms with Crippen LogP contribution in [0.15, 0.2) is 0 Å². The predicted molar refractivity (Wildman–Crippen MR) is 76.0 cm³/mol. The third kappa shape index (κ3) is 10.1. The first-order valence-electron chi connectivity index (χ1n) is 6.81. The third-order valence-corrected chi connectivity index (χ3v) is 2.90. The molecule has 0 aromatic carbocycles.